The van der Waals surface area contributed by atoms with Gasteiger partial charge in [-0.3, -0.25) is 4.72 Å². The summed E-state index contributed by atoms with van der Waals surface area (Å²) in [6.45, 7) is 5.88. The van der Waals surface area contributed by atoms with Crippen molar-refractivity contribution in [2.24, 2.45) is 0 Å². The first-order valence-electron chi connectivity index (χ1n) is 8.54. The largest absolute Gasteiger partial charge is 0.495 e. The maximum atomic E-state index is 12.7. The fourth-order valence-electron chi connectivity index (χ4n) is 2.62. The molecule has 154 valence electrons. The molecule has 0 aliphatic rings. The van der Waals surface area contributed by atoms with Gasteiger partial charge in [-0.2, -0.15) is 4.31 Å². The van der Waals surface area contributed by atoms with Gasteiger partial charge in [-0.25, -0.2) is 16.8 Å². The lowest BCUT2D eigenvalue weighted by atomic mass is 10.2. The lowest BCUT2D eigenvalue weighted by molar-refractivity contribution is 0.417. The molecule has 0 bridgehead atoms. The van der Waals surface area contributed by atoms with Crippen LogP contribution < -0.4 is 9.46 Å². The molecule has 28 heavy (non-hydrogen) atoms. The summed E-state index contributed by atoms with van der Waals surface area (Å²) in [5.74, 6) is 0.278. The van der Waals surface area contributed by atoms with Crippen molar-refractivity contribution in [2.75, 3.05) is 24.9 Å². The molecule has 0 atom stereocenters. The lowest BCUT2D eigenvalue weighted by Crippen LogP contribution is -2.30. The van der Waals surface area contributed by atoms with Crippen molar-refractivity contribution in [3.05, 3.63) is 47.0 Å². The molecule has 2 aromatic rings. The van der Waals surface area contributed by atoms with Crippen molar-refractivity contribution in [3.63, 3.8) is 0 Å². The van der Waals surface area contributed by atoms with E-state index in [9.17, 15) is 16.8 Å². The SMILES string of the molecule is CCN(CC)S(=O)(=O)c1ccc(S(=O)(=O)Nc2cc(C)c(Cl)cc2OC)cc1. The molecule has 1 N–H and O–H groups in total. The molecule has 2 aromatic carbocycles. The van der Waals surface area contributed by atoms with Crippen molar-refractivity contribution >= 4 is 37.3 Å². The second-order valence-corrected chi connectivity index (χ2v) is 10.00. The van der Waals surface area contributed by atoms with Crippen LogP contribution in [0.1, 0.15) is 19.4 Å². The molecule has 0 unspecified atom stereocenters. The molecular formula is C18H23ClN2O5S2. The molecule has 0 radical (unpaired) electrons. The summed E-state index contributed by atoms with van der Waals surface area (Å²) >= 11 is 6.04. The maximum Gasteiger partial charge on any atom is 0.262 e. The molecule has 0 fully saturated rings. The minimum atomic E-state index is -3.95. The number of aryl methyl sites for hydroxylation is 1. The van der Waals surface area contributed by atoms with E-state index in [2.05, 4.69) is 4.72 Å². The minimum Gasteiger partial charge on any atom is -0.495 e. The Hall–Kier alpha value is -1.81. The van der Waals surface area contributed by atoms with E-state index in [1.165, 1.54) is 41.7 Å². The van der Waals surface area contributed by atoms with E-state index >= 15 is 0 Å². The van der Waals surface area contributed by atoms with Crippen LogP contribution in [-0.4, -0.2) is 41.3 Å². The first-order valence-corrected chi connectivity index (χ1v) is 11.8. The number of nitrogens with one attached hydrogen (secondary N) is 1. The second-order valence-electron chi connectivity index (χ2n) is 5.97. The van der Waals surface area contributed by atoms with Gasteiger partial charge >= 0.3 is 0 Å². The quantitative estimate of drug-likeness (QED) is 0.670. The fraction of sp³-hybridized carbons (Fsp3) is 0.333. The lowest BCUT2D eigenvalue weighted by Gasteiger charge is -2.18. The van der Waals surface area contributed by atoms with Gasteiger partial charge < -0.3 is 4.74 Å². The first kappa shape index (κ1) is 22.5. The van der Waals surface area contributed by atoms with Crippen molar-refractivity contribution in [3.8, 4) is 5.75 Å². The van der Waals surface area contributed by atoms with E-state index < -0.39 is 20.0 Å². The Labute approximate surface area is 171 Å². The number of rotatable bonds is 8. The molecule has 0 aliphatic heterocycles. The average molecular weight is 447 g/mol. The van der Waals surface area contributed by atoms with E-state index in [1.807, 2.05) is 0 Å². The summed E-state index contributed by atoms with van der Waals surface area (Å²) in [4.78, 5) is -0.0317. The van der Waals surface area contributed by atoms with E-state index in [-0.39, 0.29) is 21.2 Å². The van der Waals surface area contributed by atoms with Gasteiger partial charge in [0.1, 0.15) is 5.75 Å². The van der Waals surface area contributed by atoms with E-state index in [1.54, 1.807) is 26.8 Å². The third-order valence-corrected chi connectivity index (χ3v) is 8.06. The molecule has 0 spiro atoms. The number of hydrogen-bond donors (Lipinski definition) is 1. The Balaban J connectivity index is 2.37. The third kappa shape index (κ3) is 4.60. The van der Waals surface area contributed by atoms with Gasteiger partial charge in [0.15, 0.2) is 0 Å². The van der Waals surface area contributed by atoms with Crippen LogP contribution >= 0.6 is 11.6 Å². The predicted molar refractivity (Wildman–Crippen MR) is 110 cm³/mol. The van der Waals surface area contributed by atoms with Crippen LogP contribution in [-0.2, 0) is 20.0 Å². The Kier molecular flexibility index (Phi) is 6.97. The smallest absolute Gasteiger partial charge is 0.262 e. The topological polar surface area (TPSA) is 92.8 Å². The van der Waals surface area contributed by atoms with Crippen LogP contribution in [0.5, 0.6) is 5.75 Å². The molecule has 2 rings (SSSR count). The van der Waals surface area contributed by atoms with Gasteiger partial charge in [-0.05, 0) is 42.8 Å². The zero-order valence-corrected chi connectivity index (χ0v) is 18.5. The van der Waals surface area contributed by atoms with E-state index in [4.69, 9.17) is 16.3 Å². The van der Waals surface area contributed by atoms with Crippen molar-refractivity contribution < 1.29 is 21.6 Å². The Morgan fingerprint density at radius 1 is 1.00 bits per heavy atom. The summed E-state index contributed by atoms with van der Waals surface area (Å²) in [7, 11) is -6.20. The standard InChI is InChI=1S/C18H23ClN2O5S2/c1-5-21(6-2)28(24,25)15-9-7-14(8-10-15)27(22,23)20-17-11-13(3)16(19)12-18(17)26-4/h7-12,20H,5-6H2,1-4H3. The van der Waals surface area contributed by atoms with Gasteiger partial charge in [0, 0.05) is 24.2 Å². The molecule has 0 heterocycles. The van der Waals surface area contributed by atoms with Crippen LogP contribution in [0.25, 0.3) is 0 Å². The number of halogens is 1. The number of nitrogens with zero attached hydrogens (tertiary/aromatic N) is 1. The minimum absolute atomic E-state index is 0.0371. The highest BCUT2D eigenvalue weighted by molar-refractivity contribution is 7.92. The zero-order chi connectivity index (χ0) is 21.1. The fourth-order valence-corrected chi connectivity index (χ4v) is 5.29. The van der Waals surface area contributed by atoms with Crippen LogP contribution in [0, 0.1) is 6.92 Å². The van der Waals surface area contributed by atoms with Crippen LogP contribution in [0.15, 0.2) is 46.2 Å². The van der Waals surface area contributed by atoms with Crippen molar-refractivity contribution in [1.29, 1.82) is 0 Å². The molecule has 0 aromatic heterocycles. The van der Waals surface area contributed by atoms with Gasteiger partial charge in [0.25, 0.3) is 10.0 Å². The average Bonchev–Trinajstić information content (AvgIpc) is 2.65. The van der Waals surface area contributed by atoms with Crippen LogP contribution in [0.2, 0.25) is 5.02 Å². The predicted octanol–water partition coefficient (Wildman–Crippen LogP) is 3.49. The van der Waals surface area contributed by atoms with Crippen molar-refractivity contribution in [2.45, 2.75) is 30.6 Å². The molecular weight excluding hydrogens is 424 g/mol. The van der Waals surface area contributed by atoms with Gasteiger partial charge in [0.05, 0.1) is 22.6 Å². The maximum absolute atomic E-state index is 12.7. The molecule has 10 heteroatoms. The van der Waals surface area contributed by atoms with E-state index in [0.717, 1.165) is 0 Å². The first-order chi connectivity index (χ1) is 13.1. The van der Waals surface area contributed by atoms with Crippen molar-refractivity contribution in [1.82, 2.24) is 4.31 Å². The number of ether oxygens (including phenoxy) is 1. The number of methoxy groups -OCH3 is 1. The summed E-state index contributed by atoms with van der Waals surface area (Å²) in [6, 6.07) is 8.17. The molecule has 0 saturated carbocycles. The number of anilines is 1. The van der Waals surface area contributed by atoms with E-state index in [0.29, 0.717) is 23.7 Å². The van der Waals surface area contributed by atoms with Gasteiger partial charge in [-0.1, -0.05) is 25.4 Å². The summed E-state index contributed by atoms with van der Waals surface area (Å²) in [5, 5.41) is 0.450. The second kappa shape index (κ2) is 8.69. The highest BCUT2D eigenvalue weighted by Gasteiger charge is 2.23. The van der Waals surface area contributed by atoms with Gasteiger partial charge in [0.2, 0.25) is 10.0 Å². The van der Waals surface area contributed by atoms with Crippen LogP contribution in [0.3, 0.4) is 0 Å². The third-order valence-electron chi connectivity index (χ3n) is 4.20. The van der Waals surface area contributed by atoms with Crippen LogP contribution in [0.4, 0.5) is 5.69 Å². The Morgan fingerprint density at radius 3 is 2.04 bits per heavy atom. The number of benzene rings is 2. The van der Waals surface area contributed by atoms with Gasteiger partial charge in [-0.15, -0.1) is 0 Å². The molecule has 0 aliphatic carbocycles. The highest BCUT2D eigenvalue weighted by atomic mass is 35.5. The normalized spacial score (nSPS) is 12.2. The molecule has 0 amide bonds. The summed E-state index contributed by atoms with van der Waals surface area (Å²) < 4.78 is 59.4. The molecule has 7 nitrogen and oxygen atoms in total. The number of hydrogen-bond acceptors (Lipinski definition) is 5. The zero-order valence-electron chi connectivity index (χ0n) is 16.1. The highest BCUT2D eigenvalue weighted by Crippen LogP contribution is 2.32. The summed E-state index contributed by atoms with van der Waals surface area (Å²) in [5.41, 5.74) is 0.921. The number of sulfonamides is 2. The molecule has 0 saturated heterocycles. The Morgan fingerprint density at radius 2 is 1.54 bits per heavy atom. The summed E-state index contributed by atoms with van der Waals surface area (Å²) in [6.07, 6.45) is 0. The Bertz CT molecular complexity index is 1050. The monoisotopic (exact) mass is 446 g/mol.